The summed E-state index contributed by atoms with van der Waals surface area (Å²) < 4.78 is 28.0. The second kappa shape index (κ2) is 5.29. The summed E-state index contributed by atoms with van der Waals surface area (Å²) in [5.41, 5.74) is 5.25. The predicted octanol–water partition coefficient (Wildman–Crippen LogP) is 2.61. The Hall–Kier alpha value is -2.42. The molecule has 1 atom stereocenters. The first-order valence-corrected chi connectivity index (χ1v) is 6.10. The highest BCUT2D eigenvalue weighted by atomic mass is 19.1. The predicted molar refractivity (Wildman–Crippen MR) is 68.5 cm³/mol. The average molecular weight is 277 g/mol. The van der Waals surface area contributed by atoms with Crippen LogP contribution >= 0.6 is 0 Å². The number of benzene rings is 1. The molecule has 2 rings (SSSR count). The molecule has 2 amide bonds. The van der Waals surface area contributed by atoms with Gasteiger partial charge in [0.1, 0.15) is 11.6 Å². The van der Waals surface area contributed by atoms with Crippen LogP contribution in [0.5, 0.6) is 0 Å². The van der Waals surface area contributed by atoms with Gasteiger partial charge in [-0.3, -0.25) is 4.90 Å². The molecular formula is C14H13F2N3O. The molecule has 4 nitrogen and oxygen atoms in total. The van der Waals surface area contributed by atoms with Gasteiger partial charge in [-0.1, -0.05) is 6.58 Å². The summed E-state index contributed by atoms with van der Waals surface area (Å²) in [5, 5.41) is 8.68. The van der Waals surface area contributed by atoms with Crippen LogP contribution < -0.4 is 5.73 Å². The monoisotopic (exact) mass is 277 g/mol. The number of nitrogens with two attached hydrogens (primary N) is 1. The topological polar surface area (TPSA) is 70.1 Å². The van der Waals surface area contributed by atoms with Gasteiger partial charge in [0.25, 0.3) is 0 Å². The van der Waals surface area contributed by atoms with Crippen LogP contribution in [0.4, 0.5) is 13.6 Å². The lowest BCUT2D eigenvalue weighted by molar-refractivity contribution is 0.208. The number of urea groups is 1. The Bertz CT molecular complexity index is 598. The summed E-state index contributed by atoms with van der Waals surface area (Å²) >= 11 is 0. The molecule has 0 spiro atoms. The van der Waals surface area contributed by atoms with Crippen LogP contribution in [0, 0.1) is 23.0 Å². The number of rotatable bonds is 1. The lowest BCUT2D eigenvalue weighted by atomic mass is 9.86. The molecule has 2 N–H and O–H groups in total. The third-order valence-corrected chi connectivity index (χ3v) is 3.45. The van der Waals surface area contributed by atoms with Crippen molar-refractivity contribution < 1.29 is 13.6 Å². The smallest absolute Gasteiger partial charge is 0.318 e. The summed E-state index contributed by atoms with van der Waals surface area (Å²) in [6.07, 6.45) is 1.05. The van der Waals surface area contributed by atoms with Gasteiger partial charge in [0.05, 0.1) is 11.6 Å². The van der Waals surface area contributed by atoms with Crippen molar-refractivity contribution in [2.75, 3.05) is 6.54 Å². The zero-order chi connectivity index (χ0) is 14.9. The summed E-state index contributed by atoms with van der Waals surface area (Å²) in [5.74, 6) is -2.26. The van der Waals surface area contributed by atoms with Crippen LogP contribution in [-0.2, 0) is 0 Å². The number of hydrogen-bond acceptors (Lipinski definition) is 2. The minimum Gasteiger partial charge on any atom is -0.351 e. The Morgan fingerprint density at radius 3 is 2.55 bits per heavy atom. The van der Waals surface area contributed by atoms with Crippen molar-refractivity contribution in [1.82, 2.24) is 4.90 Å². The SMILES string of the molecule is C=C1C(c2c(F)cc(C#N)cc2F)CCCN1C(N)=O. The number of nitriles is 1. The number of primary amides is 1. The molecule has 0 radical (unpaired) electrons. The molecule has 1 aliphatic rings. The minimum atomic E-state index is -0.806. The molecule has 1 heterocycles. The van der Waals surface area contributed by atoms with E-state index in [1.165, 1.54) is 4.90 Å². The molecule has 1 saturated heterocycles. The zero-order valence-electron chi connectivity index (χ0n) is 10.7. The van der Waals surface area contributed by atoms with Crippen LogP contribution in [0.2, 0.25) is 0 Å². The number of carbonyl (C=O) groups excluding carboxylic acids is 1. The number of nitrogens with zero attached hydrogens (tertiary/aromatic N) is 2. The van der Waals surface area contributed by atoms with Gasteiger partial charge < -0.3 is 5.73 Å². The first-order valence-electron chi connectivity index (χ1n) is 6.10. The van der Waals surface area contributed by atoms with Crippen molar-refractivity contribution in [3.8, 4) is 6.07 Å². The molecule has 0 aromatic heterocycles. The van der Waals surface area contributed by atoms with E-state index in [1.54, 1.807) is 6.07 Å². The highest BCUT2D eigenvalue weighted by Gasteiger charge is 2.31. The normalized spacial score (nSPS) is 18.8. The Labute approximate surface area is 115 Å². The fourth-order valence-corrected chi connectivity index (χ4v) is 2.50. The number of halogens is 2. The summed E-state index contributed by atoms with van der Waals surface area (Å²) in [7, 11) is 0. The molecule has 1 aromatic rings. The number of piperidine rings is 1. The van der Waals surface area contributed by atoms with E-state index in [9.17, 15) is 13.6 Å². The lowest BCUT2D eigenvalue weighted by Gasteiger charge is -2.34. The van der Waals surface area contributed by atoms with E-state index in [0.29, 0.717) is 19.4 Å². The number of allylic oxidation sites excluding steroid dienone is 1. The van der Waals surface area contributed by atoms with Gasteiger partial charge in [0, 0.05) is 23.7 Å². The van der Waals surface area contributed by atoms with Crippen LogP contribution in [0.1, 0.15) is 29.9 Å². The highest BCUT2D eigenvalue weighted by molar-refractivity contribution is 5.74. The van der Waals surface area contributed by atoms with E-state index < -0.39 is 23.6 Å². The van der Waals surface area contributed by atoms with E-state index in [-0.39, 0.29) is 16.8 Å². The number of carbonyl (C=O) groups is 1. The molecule has 1 aliphatic heterocycles. The van der Waals surface area contributed by atoms with Crippen LogP contribution in [0.25, 0.3) is 0 Å². The average Bonchev–Trinajstić information content (AvgIpc) is 2.39. The van der Waals surface area contributed by atoms with Gasteiger partial charge in [-0.15, -0.1) is 0 Å². The standard InChI is InChI=1S/C14H13F2N3O/c1-8-10(3-2-4-19(8)14(18)20)13-11(15)5-9(7-17)6-12(13)16/h5-6,10H,1-4H2,(H2,18,20). The quantitative estimate of drug-likeness (QED) is 0.857. The van der Waals surface area contributed by atoms with E-state index in [4.69, 9.17) is 11.0 Å². The van der Waals surface area contributed by atoms with Gasteiger partial charge in [0.15, 0.2) is 0 Å². The Morgan fingerprint density at radius 1 is 1.45 bits per heavy atom. The molecule has 6 heteroatoms. The van der Waals surface area contributed by atoms with Crippen molar-refractivity contribution in [1.29, 1.82) is 5.26 Å². The first-order chi connectivity index (χ1) is 9.45. The van der Waals surface area contributed by atoms with Crippen LogP contribution in [0.3, 0.4) is 0 Å². The largest absolute Gasteiger partial charge is 0.351 e. The molecule has 0 aliphatic carbocycles. The molecule has 0 saturated carbocycles. The Morgan fingerprint density at radius 2 is 2.05 bits per heavy atom. The minimum absolute atomic E-state index is 0.0862. The molecule has 1 fully saturated rings. The van der Waals surface area contributed by atoms with E-state index in [2.05, 4.69) is 6.58 Å². The summed E-state index contributed by atoms with van der Waals surface area (Å²) in [4.78, 5) is 12.5. The second-order valence-corrected chi connectivity index (χ2v) is 4.64. The summed E-state index contributed by atoms with van der Waals surface area (Å²) in [6.45, 7) is 4.12. The third kappa shape index (κ3) is 2.35. The molecule has 1 unspecified atom stereocenters. The first kappa shape index (κ1) is 14.0. The van der Waals surface area contributed by atoms with E-state index >= 15 is 0 Å². The van der Waals surface area contributed by atoms with Crippen molar-refractivity contribution in [2.24, 2.45) is 5.73 Å². The second-order valence-electron chi connectivity index (χ2n) is 4.64. The van der Waals surface area contributed by atoms with Gasteiger partial charge in [-0.25, -0.2) is 13.6 Å². The van der Waals surface area contributed by atoms with Gasteiger partial charge in [0.2, 0.25) is 0 Å². The third-order valence-electron chi connectivity index (χ3n) is 3.45. The van der Waals surface area contributed by atoms with Gasteiger partial charge in [-0.05, 0) is 25.0 Å². The zero-order valence-corrected chi connectivity index (χ0v) is 10.7. The fraction of sp³-hybridized carbons (Fsp3) is 0.286. The maximum absolute atomic E-state index is 14.0. The van der Waals surface area contributed by atoms with Crippen molar-refractivity contribution in [3.63, 3.8) is 0 Å². The van der Waals surface area contributed by atoms with Crippen molar-refractivity contribution >= 4 is 6.03 Å². The van der Waals surface area contributed by atoms with Crippen LogP contribution in [-0.4, -0.2) is 17.5 Å². The molecule has 1 aromatic carbocycles. The van der Waals surface area contributed by atoms with E-state index in [1.807, 2.05) is 0 Å². The van der Waals surface area contributed by atoms with Crippen molar-refractivity contribution in [3.05, 3.63) is 47.2 Å². The number of hydrogen-bond donors (Lipinski definition) is 1. The molecular weight excluding hydrogens is 264 g/mol. The van der Waals surface area contributed by atoms with E-state index in [0.717, 1.165) is 12.1 Å². The maximum Gasteiger partial charge on any atom is 0.318 e. The Kier molecular flexibility index (Phi) is 3.70. The fourth-order valence-electron chi connectivity index (χ4n) is 2.50. The number of amides is 2. The maximum atomic E-state index is 14.0. The summed E-state index contributed by atoms with van der Waals surface area (Å²) in [6, 6.07) is 2.97. The highest BCUT2D eigenvalue weighted by Crippen LogP contribution is 2.37. The number of likely N-dealkylation sites (tertiary alicyclic amines) is 1. The lowest BCUT2D eigenvalue weighted by Crippen LogP contribution is -2.40. The Balaban J connectivity index is 2.44. The molecule has 104 valence electrons. The van der Waals surface area contributed by atoms with Gasteiger partial charge in [-0.2, -0.15) is 5.26 Å². The molecule has 20 heavy (non-hydrogen) atoms. The van der Waals surface area contributed by atoms with Gasteiger partial charge >= 0.3 is 6.03 Å². The van der Waals surface area contributed by atoms with Crippen LogP contribution in [0.15, 0.2) is 24.4 Å². The molecule has 0 bridgehead atoms. The van der Waals surface area contributed by atoms with Crippen molar-refractivity contribution in [2.45, 2.75) is 18.8 Å².